The molecule has 0 aliphatic rings. The molecule has 1 N–H and O–H groups in total. The smallest absolute Gasteiger partial charge is 0.200 e. The maximum absolute atomic E-state index is 13.1. The Hall–Kier alpha value is -1.33. The fourth-order valence-corrected chi connectivity index (χ4v) is 1.25. The van der Waals surface area contributed by atoms with Crippen molar-refractivity contribution in [3.05, 3.63) is 29.1 Å². The molecule has 96 valence electrons. The summed E-state index contributed by atoms with van der Waals surface area (Å²) < 4.78 is 64.6. The van der Waals surface area contributed by atoms with Crippen molar-refractivity contribution in [2.75, 3.05) is 11.9 Å². The summed E-state index contributed by atoms with van der Waals surface area (Å²) in [6, 6.07) is 0. The molecule has 0 bridgehead atoms. The zero-order valence-electron chi connectivity index (χ0n) is 9.38. The van der Waals surface area contributed by atoms with Crippen LogP contribution in [-0.2, 0) is 0 Å². The normalized spacial score (nSPS) is 11.1. The zero-order chi connectivity index (χ0) is 13.2. The van der Waals surface area contributed by atoms with E-state index in [0.717, 1.165) is 0 Å². The minimum atomic E-state index is -2.14. The van der Waals surface area contributed by atoms with Crippen LogP contribution in [0.1, 0.15) is 20.3 Å². The molecule has 0 spiro atoms. The molecular weight excluding hydrogens is 241 g/mol. The summed E-state index contributed by atoms with van der Waals surface area (Å²) in [4.78, 5) is 0. The topological polar surface area (TPSA) is 12.0 Å². The lowest BCUT2D eigenvalue weighted by molar-refractivity contribution is 0.381. The van der Waals surface area contributed by atoms with Crippen LogP contribution in [0.15, 0.2) is 0 Å². The number of anilines is 1. The van der Waals surface area contributed by atoms with E-state index < -0.39 is 34.8 Å². The zero-order valence-corrected chi connectivity index (χ0v) is 9.38. The summed E-state index contributed by atoms with van der Waals surface area (Å²) in [6.45, 7) is 3.89. The maximum atomic E-state index is 13.1. The third-order valence-corrected chi connectivity index (χ3v) is 2.23. The van der Waals surface area contributed by atoms with Gasteiger partial charge >= 0.3 is 0 Å². The van der Waals surface area contributed by atoms with Crippen LogP contribution in [0, 0.1) is 35.0 Å². The quantitative estimate of drug-likeness (QED) is 0.488. The van der Waals surface area contributed by atoms with Crippen LogP contribution in [0.25, 0.3) is 0 Å². The lowest BCUT2D eigenvalue weighted by Gasteiger charge is -2.11. The number of benzene rings is 1. The van der Waals surface area contributed by atoms with E-state index >= 15 is 0 Å². The molecule has 0 heterocycles. The predicted molar refractivity (Wildman–Crippen MR) is 54.2 cm³/mol. The SMILES string of the molecule is CC(C)CCNc1c(F)c(F)c(F)c(F)c1F. The van der Waals surface area contributed by atoms with Gasteiger partial charge in [-0.15, -0.1) is 0 Å². The van der Waals surface area contributed by atoms with Crippen LogP contribution in [0.4, 0.5) is 27.6 Å². The van der Waals surface area contributed by atoms with Gasteiger partial charge in [0.1, 0.15) is 5.69 Å². The van der Waals surface area contributed by atoms with Crippen molar-refractivity contribution in [1.82, 2.24) is 0 Å². The summed E-state index contributed by atoms with van der Waals surface area (Å²) in [7, 11) is 0. The maximum Gasteiger partial charge on any atom is 0.200 e. The summed E-state index contributed by atoms with van der Waals surface area (Å²) in [5.41, 5.74) is -0.970. The second kappa shape index (κ2) is 5.33. The molecule has 0 aliphatic carbocycles. The molecule has 0 atom stereocenters. The first-order valence-electron chi connectivity index (χ1n) is 5.11. The van der Waals surface area contributed by atoms with Gasteiger partial charge in [-0.05, 0) is 12.3 Å². The van der Waals surface area contributed by atoms with Gasteiger partial charge < -0.3 is 5.32 Å². The summed E-state index contributed by atoms with van der Waals surface area (Å²) in [6.07, 6.45) is 0.555. The second-order valence-electron chi connectivity index (χ2n) is 4.05. The van der Waals surface area contributed by atoms with Gasteiger partial charge in [0.2, 0.25) is 5.82 Å². The van der Waals surface area contributed by atoms with Gasteiger partial charge in [0.15, 0.2) is 23.3 Å². The first kappa shape index (κ1) is 13.7. The van der Waals surface area contributed by atoms with Gasteiger partial charge in [0, 0.05) is 6.54 Å². The molecule has 17 heavy (non-hydrogen) atoms. The van der Waals surface area contributed by atoms with Crippen molar-refractivity contribution in [2.24, 2.45) is 5.92 Å². The fraction of sp³-hybridized carbons (Fsp3) is 0.455. The van der Waals surface area contributed by atoms with Gasteiger partial charge in [-0.2, -0.15) is 0 Å². The lowest BCUT2D eigenvalue weighted by atomic mass is 10.1. The van der Waals surface area contributed by atoms with Crippen LogP contribution in [0.3, 0.4) is 0 Å². The standard InChI is InChI=1S/C11H12F5N/c1-5(2)3-4-17-11-9(15)7(13)6(12)8(14)10(11)16/h5,17H,3-4H2,1-2H3. The van der Waals surface area contributed by atoms with E-state index in [9.17, 15) is 22.0 Å². The minimum absolute atomic E-state index is 0.135. The number of hydrogen-bond donors (Lipinski definition) is 1. The fourth-order valence-electron chi connectivity index (χ4n) is 1.25. The molecule has 1 aromatic rings. The van der Waals surface area contributed by atoms with Gasteiger partial charge in [-0.25, -0.2) is 22.0 Å². The third-order valence-electron chi connectivity index (χ3n) is 2.23. The van der Waals surface area contributed by atoms with Gasteiger partial charge in [0.25, 0.3) is 0 Å². The van der Waals surface area contributed by atoms with E-state index in [1.54, 1.807) is 0 Å². The number of halogens is 5. The van der Waals surface area contributed by atoms with E-state index in [2.05, 4.69) is 5.32 Å². The van der Waals surface area contributed by atoms with Gasteiger partial charge in [0.05, 0.1) is 0 Å². The molecule has 0 fully saturated rings. The molecule has 0 amide bonds. The highest BCUT2D eigenvalue weighted by Crippen LogP contribution is 2.27. The van der Waals surface area contributed by atoms with Crippen molar-refractivity contribution in [1.29, 1.82) is 0 Å². The van der Waals surface area contributed by atoms with Crippen LogP contribution in [0.5, 0.6) is 0 Å². The largest absolute Gasteiger partial charge is 0.380 e. The first-order chi connectivity index (χ1) is 7.86. The van der Waals surface area contributed by atoms with Crippen LogP contribution in [-0.4, -0.2) is 6.54 Å². The Labute approximate surface area is 95.6 Å². The molecular formula is C11H12F5N. The van der Waals surface area contributed by atoms with E-state index in [4.69, 9.17) is 0 Å². The minimum Gasteiger partial charge on any atom is -0.380 e. The van der Waals surface area contributed by atoms with E-state index in [1.807, 2.05) is 13.8 Å². The van der Waals surface area contributed by atoms with Crippen LogP contribution in [0.2, 0.25) is 0 Å². The summed E-state index contributed by atoms with van der Waals surface area (Å²) in [5.74, 6) is -9.42. The molecule has 0 radical (unpaired) electrons. The monoisotopic (exact) mass is 253 g/mol. The average molecular weight is 253 g/mol. The summed E-state index contributed by atoms with van der Waals surface area (Å²) in [5, 5.41) is 2.22. The highest BCUT2D eigenvalue weighted by molar-refractivity contribution is 5.47. The molecule has 1 rings (SSSR count). The molecule has 0 aromatic heterocycles. The Kier molecular flexibility index (Phi) is 4.31. The van der Waals surface area contributed by atoms with Crippen molar-refractivity contribution in [3.8, 4) is 0 Å². The van der Waals surface area contributed by atoms with Gasteiger partial charge in [-0.1, -0.05) is 13.8 Å². The van der Waals surface area contributed by atoms with Crippen molar-refractivity contribution >= 4 is 5.69 Å². The Morgan fingerprint density at radius 3 is 1.65 bits per heavy atom. The third kappa shape index (κ3) is 2.87. The molecule has 0 saturated heterocycles. The molecule has 0 saturated carbocycles. The average Bonchev–Trinajstić information content (AvgIpc) is 2.28. The van der Waals surface area contributed by atoms with Crippen molar-refractivity contribution < 1.29 is 22.0 Å². The lowest BCUT2D eigenvalue weighted by Crippen LogP contribution is -2.12. The Balaban J connectivity index is 2.99. The first-order valence-corrected chi connectivity index (χ1v) is 5.11. The van der Waals surface area contributed by atoms with Crippen LogP contribution < -0.4 is 5.32 Å². The van der Waals surface area contributed by atoms with Crippen LogP contribution >= 0.6 is 0 Å². The molecule has 0 aliphatic heterocycles. The van der Waals surface area contributed by atoms with E-state index in [-0.39, 0.29) is 12.5 Å². The Bertz CT molecular complexity index is 388. The van der Waals surface area contributed by atoms with Crippen molar-refractivity contribution in [3.63, 3.8) is 0 Å². The molecule has 6 heteroatoms. The van der Waals surface area contributed by atoms with E-state index in [1.165, 1.54) is 0 Å². The molecule has 0 unspecified atom stereocenters. The second-order valence-corrected chi connectivity index (χ2v) is 4.05. The predicted octanol–water partition coefficient (Wildman–Crippen LogP) is 3.84. The molecule has 1 aromatic carbocycles. The highest BCUT2D eigenvalue weighted by atomic mass is 19.2. The Morgan fingerprint density at radius 1 is 0.824 bits per heavy atom. The molecule has 1 nitrogen and oxygen atoms in total. The van der Waals surface area contributed by atoms with Crippen molar-refractivity contribution in [2.45, 2.75) is 20.3 Å². The van der Waals surface area contributed by atoms with Gasteiger partial charge in [-0.3, -0.25) is 0 Å². The number of hydrogen-bond acceptors (Lipinski definition) is 1. The number of nitrogens with one attached hydrogen (secondary N) is 1. The summed E-state index contributed by atoms with van der Waals surface area (Å²) >= 11 is 0. The Morgan fingerprint density at radius 2 is 1.24 bits per heavy atom. The van der Waals surface area contributed by atoms with E-state index in [0.29, 0.717) is 6.42 Å². The number of rotatable bonds is 4. The highest BCUT2D eigenvalue weighted by Gasteiger charge is 2.25.